The number of carbonyl (C=O) groups excluding carboxylic acids is 2. The highest BCUT2D eigenvalue weighted by atomic mass is 32.1. The van der Waals surface area contributed by atoms with Gasteiger partial charge in [-0.2, -0.15) is 0 Å². The van der Waals surface area contributed by atoms with E-state index in [4.69, 9.17) is 9.84 Å². The van der Waals surface area contributed by atoms with Crippen LogP contribution in [-0.2, 0) is 11.2 Å². The van der Waals surface area contributed by atoms with E-state index in [0.29, 0.717) is 17.9 Å². The predicted octanol–water partition coefficient (Wildman–Crippen LogP) is 3.48. The molecule has 192 valence electrons. The molecule has 0 spiro atoms. The van der Waals surface area contributed by atoms with E-state index >= 15 is 0 Å². The molecule has 1 fully saturated rings. The Balaban J connectivity index is 0.000000623. The number of hydrogen-bond donors (Lipinski definition) is 2. The van der Waals surface area contributed by atoms with Crippen LogP contribution in [0.4, 0.5) is 0 Å². The fourth-order valence-corrected chi connectivity index (χ4v) is 5.84. The van der Waals surface area contributed by atoms with Crippen LogP contribution in [0.25, 0.3) is 0 Å². The van der Waals surface area contributed by atoms with Crippen molar-refractivity contribution < 1.29 is 19.4 Å². The Morgan fingerprint density at radius 2 is 2.11 bits per heavy atom. The van der Waals surface area contributed by atoms with Crippen molar-refractivity contribution in [1.82, 2.24) is 15.1 Å². The number of hydrogen-bond acceptors (Lipinski definition) is 7. The number of methoxy groups -OCH3 is 1. The Morgan fingerprint density at radius 3 is 2.63 bits per heavy atom. The number of ether oxygens (including phenoxy) is 1. The van der Waals surface area contributed by atoms with Gasteiger partial charge in [-0.1, -0.05) is 6.07 Å². The van der Waals surface area contributed by atoms with Gasteiger partial charge in [0.25, 0.3) is 0 Å². The quantitative estimate of drug-likeness (QED) is 0.590. The number of rotatable bonds is 6. The first-order valence-electron chi connectivity index (χ1n) is 12.2. The first kappa shape index (κ1) is 27.3. The molecule has 1 saturated heterocycles. The SMILES string of the molecule is CNCCO.COc1cc2c(cc1C=O)C1C(c3cccs3)CC(C(=O)N(C)C(C)(C)C)N1CC2. The molecule has 2 N–H and O–H groups in total. The van der Waals surface area contributed by atoms with Crippen LogP contribution in [0.5, 0.6) is 5.75 Å². The monoisotopic (exact) mass is 501 g/mol. The highest BCUT2D eigenvalue weighted by molar-refractivity contribution is 7.10. The van der Waals surface area contributed by atoms with Crippen molar-refractivity contribution in [1.29, 1.82) is 0 Å². The molecule has 3 unspecified atom stereocenters. The van der Waals surface area contributed by atoms with Gasteiger partial charge in [-0.05, 0) is 75.4 Å². The van der Waals surface area contributed by atoms with Crippen LogP contribution in [0.2, 0.25) is 0 Å². The van der Waals surface area contributed by atoms with Gasteiger partial charge in [-0.25, -0.2) is 0 Å². The second kappa shape index (κ2) is 11.6. The lowest BCUT2D eigenvalue weighted by Gasteiger charge is -2.40. The molecule has 35 heavy (non-hydrogen) atoms. The average Bonchev–Trinajstić information content (AvgIpc) is 3.50. The van der Waals surface area contributed by atoms with Crippen molar-refractivity contribution >= 4 is 23.5 Å². The predicted molar refractivity (Wildman–Crippen MR) is 141 cm³/mol. The molecule has 2 aliphatic rings. The Hall–Kier alpha value is -2.26. The van der Waals surface area contributed by atoms with Gasteiger partial charge in [0.15, 0.2) is 6.29 Å². The highest BCUT2D eigenvalue weighted by Gasteiger charge is 2.49. The number of amides is 1. The van der Waals surface area contributed by atoms with Crippen molar-refractivity contribution in [3.05, 3.63) is 51.2 Å². The third kappa shape index (κ3) is 5.77. The second-order valence-corrected chi connectivity index (χ2v) is 11.1. The summed E-state index contributed by atoms with van der Waals surface area (Å²) in [5.74, 6) is 1.04. The number of nitrogens with one attached hydrogen (secondary N) is 1. The van der Waals surface area contributed by atoms with Crippen molar-refractivity contribution in [2.45, 2.75) is 57.2 Å². The third-order valence-electron chi connectivity index (χ3n) is 7.08. The summed E-state index contributed by atoms with van der Waals surface area (Å²) in [5, 5.41) is 12.9. The van der Waals surface area contributed by atoms with Crippen LogP contribution < -0.4 is 10.1 Å². The minimum atomic E-state index is -0.223. The van der Waals surface area contributed by atoms with Crippen molar-refractivity contribution in [3.63, 3.8) is 0 Å². The molecule has 3 heterocycles. The normalized spacial score (nSPS) is 21.4. The number of thiophene rings is 1. The van der Waals surface area contributed by atoms with Crippen molar-refractivity contribution in [2.75, 3.05) is 40.9 Å². The Morgan fingerprint density at radius 1 is 1.37 bits per heavy atom. The number of likely N-dealkylation sites (N-methyl/N-ethyl adjacent to an activating group) is 2. The molecule has 7 nitrogen and oxygen atoms in total. The lowest BCUT2D eigenvalue weighted by molar-refractivity contribution is -0.139. The van der Waals surface area contributed by atoms with E-state index in [9.17, 15) is 9.59 Å². The van der Waals surface area contributed by atoms with E-state index < -0.39 is 0 Å². The number of carbonyl (C=O) groups is 2. The van der Waals surface area contributed by atoms with E-state index in [1.165, 1.54) is 10.4 Å². The van der Waals surface area contributed by atoms with Gasteiger partial charge < -0.3 is 20.1 Å². The minimum absolute atomic E-state index is 0.0966. The molecule has 0 bridgehead atoms. The molecule has 1 aromatic heterocycles. The zero-order valence-corrected chi connectivity index (χ0v) is 22.5. The van der Waals surface area contributed by atoms with Gasteiger partial charge >= 0.3 is 0 Å². The molecule has 3 atom stereocenters. The number of aliphatic hydroxyl groups excluding tert-OH is 1. The van der Waals surface area contributed by atoms with Gasteiger partial charge in [0, 0.05) is 42.5 Å². The molecule has 0 saturated carbocycles. The van der Waals surface area contributed by atoms with Crippen molar-refractivity contribution in [3.8, 4) is 5.75 Å². The fraction of sp³-hybridized carbons (Fsp3) is 0.556. The van der Waals surface area contributed by atoms with Crippen LogP contribution in [0, 0.1) is 0 Å². The standard InChI is InChI=1S/C24H30N2O3S.C3H9NO/c1-24(2,3)25(4)23(28)19-13-18(21-7-6-10-30-21)22-17-11-16(14-27)20(29-5)12-15(17)8-9-26(19)22;1-4-2-3-5/h6-7,10-12,14,18-19,22H,8-9,13H2,1-5H3;4-5H,2-3H2,1H3. The highest BCUT2D eigenvalue weighted by Crippen LogP contribution is 2.52. The maximum absolute atomic E-state index is 13.5. The van der Waals surface area contributed by atoms with Gasteiger partial charge in [-0.3, -0.25) is 14.5 Å². The molecule has 8 heteroatoms. The van der Waals surface area contributed by atoms with Crippen LogP contribution in [0.3, 0.4) is 0 Å². The zero-order valence-electron chi connectivity index (χ0n) is 21.7. The smallest absolute Gasteiger partial charge is 0.240 e. The zero-order chi connectivity index (χ0) is 25.8. The molecule has 2 aliphatic heterocycles. The summed E-state index contributed by atoms with van der Waals surface area (Å²) in [5.41, 5.74) is 2.73. The van der Waals surface area contributed by atoms with Crippen LogP contribution >= 0.6 is 11.3 Å². The van der Waals surface area contributed by atoms with Gasteiger partial charge in [0.1, 0.15) is 5.75 Å². The summed E-state index contributed by atoms with van der Waals surface area (Å²) >= 11 is 1.75. The summed E-state index contributed by atoms with van der Waals surface area (Å²) in [6.07, 6.45) is 2.51. The van der Waals surface area contributed by atoms with E-state index in [0.717, 1.165) is 31.2 Å². The lowest BCUT2D eigenvalue weighted by Crippen LogP contribution is -2.52. The summed E-state index contributed by atoms with van der Waals surface area (Å²) in [6, 6.07) is 8.19. The maximum Gasteiger partial charge on any atom is 0.240 e. The molecule has 1 aromatic carbocycles. The Labute approximate surface area is 213 Å². The van der Waals surface area contributed by atoms with Crippen molar-refractivity contribution in [2.24, 2.45) is 0 Å². The molecular weight excluding hydrogens is 462 g/mol. The van der Waals surface area contributed by atoms with E-state index in [1.54, 1.807) is 25.5 Å². The number of aldehydes is 1. The molecule has 0 radical (unpaired) electrons. The summed E-state index contributed by atoms with van der Waals surface area (Å²) in [4.78, 5) is 30.8. The topological polar surface area (TPSA) is 82.1 Å². The van der Waals surface area contributed by atoms with Crippen LogP contribution in [0.1, 0.15) is 65.5 Å². The first-order valence-corrected chi connectivity index (χ1v) is 13.0. The van der Waals surface area contributed by atoms with Crippen LogP contribution in [0.15, 0.2) is 29.6 Å². The summed E-state index contributed by atoms with van der Waals surface area (Å²) in [7, 11) is 5.31. The van der Waals surface area contributed by atoms with E-state index in [2.05, 4.69) is 48.5 Å². The molecule has 1 amide bonds. The number of benzene rings is 1. The van der Waals surface area contributed by atoms with E-state index in [1.807, 2.05) is 24.1 Å². The Kier molecular flexibility index (Phi) is 9.10. The largest absolute Gasteiger partial charge is 0.496 e. The van der Waals surface area contributed by atoms with E-state index in [-0.39, 0.29) is 36.1 Å². The lowest BCUT2D eigenvalue weighted by atomic mass is 9.85. The third-order valence-corrected chi connectivity index (χ3v) is 8.09. The summed E-state index contributed by atoms with van der Waals surface area (Å²) in [6.45, 7) is 7.97. The molecule has 2 aromatic rings. The number of fused-ring (bicyclic) bond motifs is 3. The minimum Gasteiger partial charge on any atom is -0.496 e. The Bertz CT molecular complexity index is 1000. The summed E-state index contributed by atoms with van der Waals surface area (Å²) < 4.78 is 5.44. The van der Waals surface area contributed by atoms with Crippen LogP contribution in [-0.4, -0.2) is 79.6 Å². The van der Waals surface area contributed by atoms with Gasteiger partial charge in [0.05, 0.1) is 25.3 Å². The molecular formula is C27H39N3O4S. The van der Waals surface area contributed by atoms with Gasteiger partial charge in [-0.15, -0.1) is 11.3 Å². The average molecular weight is 502 g/mol. The first-order chi connectivity index (χ1) is 16.7. The molecule has 4 rings (SSSR count). The maximum atomic E-state index is 13.5. The van der Waals surface area contributed by atoms with Gasteiger partial charge in [0.2, 0.25) is 5.91 Å². The number of nitrogens with zero attached hydrogens (tertiary/aromatic N) is 2. The molecule has 0 aliphatic carbocycles. The second-order valence-electron chi connectivity index (χ2n) is 10.1. The fourth-order valence-electron chi connectivity index (χ4n) is 4.97. The number of aliphatic hydroxyl groups is 1.